The lowest BCUT2D eigenvalue weighted by molar-refractivity contribution is 0.669. The van der Waals surface area contributed by atoms with Gasteiger partial charge < -0.3 is 8.98 Å². The second-order valence-electron chi connectivity index (χ2n) is 14.5. The van der Waals surface area contributed by atoms with E-state index >= 15 is 0 Å². The van der Waals surface area contributed by atoms with Crippen molar-refractivity contribution in [2.45, 2.75) is 0 Å². The van der Waals surface area contributed by atoms with E-state index in [9.17, 15) is 0 Å². The zero-order valence-corrected chi connectivity index (χ0v) is 29.4. The van der Waals surface area contributed by atoms with E-state index in [1.807, 2.05) is 36.4 Å². The number of nitrogens with zero attached hydrogens (tertiary/aromatic N) is 4. The Bertz CT molecular complexity index is 3620. The molecule has 0 fully saturated rings. The summed E-state index contributed by atoms with van der Waals surface area (Å²) in [5.74, 6) is 0.782. The van der Waals surface area contributed by atoms with E-state index in [-0.39, 0.29) is 0 Å². The summed E-state index contributed by atoms with van der Waals surface area (Å²) in [6.07, 6.45) is 0. The van der Waals surface area contributed by atoms with Crippen LogP contribution in [0.4, 0.5) is 0 Å². The Morgan fingerprint density at radius 2 is 1.00 bits per heavy atom. The molecule has 13 rings (SSSR count). The molecule has 0 unspecified atom stereocenters. The second-order valence-corrected chi connectivity index (χ2v) is 14.5. The Balaban J connectivity index is 1.16. The van der Waals surface area contributed by atoms with Crippen LogP contribution in [-0.4, -0.2) is 19.1 Å². The lowest BCUT2D eigenvalue weighted by Gasteiger charge is -2.14. The van der Waals surface area contributed by atoms with Crippen LogP contribution in [0.1, 0.15) is 0 Å². The van der Waals surface area contributed by atoms with Crippen LogP contribution in [0.5, 0.6) is 0 Å². The first-order valence-electron chi connectivity index (χ1n) is 18.7. The first kappa shape index (κ1) is 29.0. The third kappa shape index (κ3) is 3.86. The SMILES string of the molecule is c1ccc2c(c1)-c1ccccc1-n1c3cc4c5ccccc5n(-c5nc6ccccc6nc5-c5ccc6c(c5)oc5ccccc56)c4cc3c3cccc-2c31. The average molecular weight is 701 g/mol. The fourth-order valence-corrected chi connectivity index (χ4v) is 9.29. The highest BCUT2D eigenvalue weighted by Crippen LogP contribution is 2.48. The maximum Gasteiger partial charge on any atom is 0.165 e. The highest BCUT2D eigenvalue weighted by Gasteiger charge is 2.26. The van der Waals surface area contributed by atoms with Crippen molar-refractivity contribution in [3.63, 3.8) is 0 Å². The van der Waals surface area contributed by atoms with E-state index in [0.29, 0.717) is 0 Å². The fourth-order valence-electron chi connectivity index (χ4n) is 9.29. The Labute approximate surface area is 313 Å². The van der Waals surface area contributed by atoms with Gasteiger partial charge in [0.05, 0.1) is 38.8 Å². The van der Waals surface area contributed by atoms with Gasteiger partial charge in [-0.3, -0.25) is 4.57 Å². The zero-order chi connectivity index (χ0) is 35.8. The van der Waals surface area contributed by atoms with Gasteiger partial charge in [-0.05, 0) is 65.7 Å². The van der Waals surface area contributed by atoms with Gasteiger partial charge in [0.15, 0.2) is 5.82 Å². The number of rotatable bonds is 2. The summed E-state index contributed by atoms with van der Waals surface area (Å²) in [6, 6.07) is 60.6. The van der Waals surface area contributed by atoms with Gasteiger partial charge in [0.2, 0.25) is 0 Å². The molecule has 0 saturated heterocycles. The van der Waals surface area contributed by atoms with Crippen molar-refractivity contribution >= 4 is 76.6 Å². The van der Waals surface area contributed by atoms with Gasteiger partial charge in [0.1, 0.15) is 16.9 Å². The van der Waals surface area contributed by atoms with Gasteiger partial charge in [0.25, 0.3) is 0 Å². The standard InChI is InChI=1S/C50H28N4O/c1-2-13-31-30(12-1)32-14-3-8-21-42(32)53-44-27-38-33-15-4-9-22-43(33)54(45(38)28-39(44)37-18-11-17-36(31)49(37)53)50-48(51-40-19-6-7-20-41(40)52-50)29-24-25-35-34-16-5-10-23-46(34)55-47(35)26-29/h1-28H. The first-order valence-corrected chi connectivity index (χ1v) is 18.7. The normalized spacial score (nSPS) is 12.4. The van der Waals surface area contributed by atoms with Gasteiger partial charge in [-0.2, -0.15) is 0 Å². The highest BCUT2D eigenvalue weighted by atomic mass is 16.3. The summed E-state index contributed by atoms with van der Waals surface area (Å²) >= 11 is 0. The molecule has 55 heavy (non-hydrogen) atoms. The van der Waals surface area contributed by atoms with E-state index in [0.717, 1.165) is 71.9 Å². The monoisotopic (exact) mass is 700 g/mol. The predicted molar refractivity (Wildman–Crippen MR) is 225 cm³/mol. The van der Waals surface area contributed by atoms with Crippen LogP contribution in [0.2, 0.25) is 0 Å². The van der Waals surface area contributed by atoms with Crippen molar-refractivity contribution in [1.29, 1.82) is 0 Å². The Hall–Kier alpha value is -7.50. The van der Waals surface area contributed by atoms with Crippen LogP contribution in [0.3, 0.4) is 0 Å². The first-order chi connectivity index (χ1) is 27.3. The molecule has 4 aromatic heterocycles. The molecular formula is C50H28N4O. The maximum absolute atomic E-state index is 6.39. The topological polar surface area (TPSA) is 48.8 Å². The van der Waals surface area contributed by atoms with Crippen molar-refractivity contribution < 1.29 is 4.42 Å². The maximum atomic E-state index is 6.39. The number of benzene rings is 8. The Kier molecular flexibility index (Phi) is 5.57. The largest absolute Gasteiger partial charge is 0.456 e. The Morgan fingerprint density at radius 3 is 1.87 bits per heavy atom. The molecule has 0 saturated carbocycles. The molecule has 5 heteroatoms. The highest BCUT2D eigenvalue weighted by molar-refractivity contribution is 6.22. The predicted octanol–water partition coefficient (Wildman–Crippen LogP) is 13.0. The second kappa shape index (κ2) is 10.6. The molecule has 5 heterocycles. The molecule has 1 aliphatic heterocycles. The van der Waals surface area contributed by atoms with E-state index in [2.05, 4.69) is 143 Å². The number of para-hydroxylation sites is 6. The molecule has 12 aromatic rings. The van der Waals surface area contributed by atoms with Crippen LogP contribution in [-0.2, 0) is 0 Å². The lowest BCUT2D eigenvalue weighted by atomic mass is 9.94. The molecule has 0 amide bonds. The zero-order valence-electron chi connectivity index (χ0n) is 29.4. The molecular weight excluding hydrogens is 673 g/mol. The minimum Gasteiger partial charge on any atom is -0.456 e. The average Bonchev–Trinajstić information content (AvgIpc) is 3.86. The third-order valence-corrected chi connectivity index (χ3v) is 11.6. The van der Waals surface area contributed by atoms with Crippen molar-refractivity contribution in [3.05, 3.63) is 170 Å². The van der Waals surface area contributed by atoms with E-state index < -0.39 is 0 Å². The van der Waals surface area contributed by atoms with E-state index in [1.54, 1.807) is 0 Å². The number of aromatic nitrogens is 4. The summed E-state index contributed by atoms with van der Waals surface area (Å²) in [5, 5.41) is 6.93. The summed E-state index contributed by atoms with van der Waals surface area (Å²) in [4.78, 5) is 10.8. The van der Waals surface area contributed by atoms with Crippen molar-refractivity contribution in [2.24, 2.45) is 0 Å². The van der Waals surface area contributed by atoms with E-state index in [1.165, 1.54) is 49.7 Å². The molecule has 254 valence electrons. The Morgan fingerprint density at radius 1 is 0.382 bits per heavy atom. The smallest absolute Gasteiger partial charge is 0.165 e. The lowest BCUT2D eigenvalue weighted by Crippen LogP contribution is -2.03. The van der Waals surface area contributed by atoms with Crippen LogP contribution >= 0.6 is 0 Å². The van der Waals surface area contributed by atoms with Gasteiger partial charge in [-0.15, -0.1) is 0 Å². The van der Waals surface area contributed by atoms with Gasteiger partial charge in [-0.1, -0.05) is 115 Å². The number of furan rings is 1. The number of hydrogen-bond donors (Lipinski definition) is 0. The number of hydrogen-bond acceptors (Lipinski definition) is 3. The van der Waals surface area contributed by atoms with E-state index in [4.69, 9.17) is 14.4 Å². The quantitative estimate of drug-likeness (QED) is 0.180. The van der Waals surface area contributed by atoms with Crippen LogP contribution in [0, 0.1) is 0 Å². The molecule has 1 aliphatic rings. The van der Waals surface area contributed by atoms with Crippen molar-refractivity contribution in [2.75, 3.05) is 0 Å². The third-order valence-electron chi connectivity index (χ3n) is 11.6. The molecule has 0 radical (unpaired) electrons. The minimum absolute atomic E-state index is 0.782. The summed E-state index contributed by atoms with van der Waals surface area (Å²) in [7, 11) is 0. The van der Waals surface area contributed by atoms with Crippen LogP contribution in [0.25, 0.3) is 122 Å². The van der Waals surface area contributed by atoms with Gasteiger partial charge in [0, 0.05) is 49.0 Å². The molecule has 0 aliphatic carbocycles. The van der Waals surface area contributed by atoms with Gasteiger partial charge in [-0.25, -0.2) is 9.97 Å². The summed E-state index contributed by atoms with van der Waals surface area (Å²) in [5.41, 5.74) is 15.9. The van der Waals surface area contributed by atoms with Crippen LogP contribution in [0.15, 0.2) is 174 Å². The van der Waals surface area contributed by atoms with Crippen molar-refractivity contribution in [3.8, 4) is 45.0 Å². The molecule has 0 spiro atoms. The summed E-state index contributed by atoms with van der Waals surface area (Å²) < 4.78 is 11.2. The summed E-state index contributed by atoms with van der Waals surface area (Å²) in [6.45, 7) is 0. The van der Waals surface area contributed by atoms with Crippen LogP contribution < -0.4 is 0 Å². The molecule has 0 N–H and O–H groups in total. The molecule has 8 aromatic carbocycles. The fraction of sp³-hybridized carbons (Fsp3) is 0. The van der Waals surface area contributed by atoms with Gasteiger partial charge >= 0.3 is 0 Å². The van der Waals surface area contributed by atoms with Crippen molar-refractivity contribution in [1.82, 2.24) is 19.1 Å². The molecule has 0 atom stereocenters. The minimum atomic E-state index is 0.782. The molecule has 0 bridgehead atoms. The molecule has 5 nitrogen and oxygen atoms in total. The number of fused-ring (bicyclic) bond motifs is 15.